The lowest BCUT2D eigenvalue weighted by Crippen LogP contribution is -2.44. The van der Waals surface area contributed by atoms with Gasteiger partial charge in [0.15, 0.2) is 0 Å². The molecule has 0 atom stereocenters. The minimum Gasteiger partial charge on any atom is -0.480 e. The van der Waals surface area contributed by atoms with Crippen molar-refractivity contribution in [1.82, 2.24) is 10.2 Å². The number of aliphatic carboxylic acids is 1. The summed E-state index contributed by atoms with van der Waals surface area (Å²) in [5, 5.41) is 11.6. The maximum atomic E-state index is 11.8. The number of nitrogens with one attached hydrogen (secondary N) is 1. The number of hydrogen-bond acceptors (Lipinski definition) is 2. The highest BCUT2D eigenvalue weighted by Gasteiger charge is 2.21. The Balaban J connectivity index is 2.27. The molecule has 0 heterocycles. The minimum atomic E-state index is -0.972. The largest absolute Gasteiger partial charge is 0.480 e. The van der Waals surface area contributed by atoms with Crippen LogP contribution in [-0.4, -0.2) is 41.6 Å². The third-order valence-electron chi connectivity index (χ3n) is 4.08. The summed E-state index contributed by atoms with van der Waals surface area (Å²) in [6.07, 6.45) is 6.10. The van der Waals surface area contributed by atoms with Crippen molar-refractivity contribution in [2.24, 2.45) is 11.8 Å². The molecule has 2 amide bonds. The second-order valence-corrected chi connectivity index (χ2v) is 5.39. The number of amides is 2. The Morgan fingerprint density at radius 3 is 2.21 bits per heavy atom. The first kappa shape index (κ1) is 15.8. The van der Waals surface area contributed by atoms with Crippen LogP contribution in [0.4, 0.5) is 4.79 Å². The van der Waals surface area contributed by atoms with Crippen LogP contribution >= 0.6 is 0 Å². The Morgan fingerprint density at radius 2 is 1.74 bits per heavy atom. The molecule has 5 heteroatoms. The van der Waals surface area contributed by atoms with Crippen molar-refractivity contribution < 1.29 is 14.7 Å². The van der Waals surface area contributed by atoms with Crippen molar-refractivity contribution in [3.05, 3.63) is 0 Å². The standard InChI is InChI=1S/C14H26N2O3/c1-3-11-5-7-12(8-6-11)9-15-14(19)16(4-2)10-13(17)18/h11-12H,3-10H2,1-2H3,(H,15,19)(H,17,18). The van der Waals surface area contributed by atoms with E-state index in [1.54, 1.807) is 6.92 Å². The van der Waals surface area contributed by atoms with E-state index in [4.69, 9.17) is 5.11 Å². The van der Waals surface area contributed by atoms with Crippen LogP contribution in [0.15, 0.2) is 0 Å². The van der Waals surface area contributed by atoms with E-state index in [1.807, 2.05) is 0 Å². The molecule has 1 saturated carbocycles. The highest BCUT2D eigenvalue weighted by Crippen LogP contribution is 2.30. The van der Waals surface area contributed by atoms with Gasteiger partial charge in [0, 0.05) is 13.1 Å². The molecule has 0 spiro atoms. The Morgan fingerprint density at radius 1 is 1.16 bits per heavy atom. The third kappa shape index (κ3) is 5.49. The minimum absolute atomic E-state index is 0.231. The second kappa shape index (κ2) is 8.02. The van der Waals surface area contributed by atoms with Crippen LogP contribution in [0.3, 0.4) is 0 Å². The van der Waals surface area contributed by atoms with Crippen LogP contribution in [0.25, 0.3) is 0 Å². The molecule has 1 rings (SSSR count). The van der Waals surface area contributed by atoms with E-state index in [0.29, 0.717) is 19.0 Å². The molecule has 110 valence electrons. The van der Waals surface area contributed by atoms with Gasteiger partial charge in [-0.2, -0.15) is 0 Å². The van der Waals surface area contributed by atoms with Gasteiger partial charge in [0.1, 0.15) is 6.54 Å². The molecule has 0 aromatic rings. The van der Waals surface area contributed by atoms with E-state index >= 15 is 0 Å². The summed E-state index contributed by atoms with van der Waals surface area (Å²) in [4.78, 5) is 23.8. The molecular formula is C14H26N2O3. The first-order chi connectivity index (χ1) is 9.06. The molecule has 0 bridgehead atoms. The van der Waals surface area contributed by atoms with Crippen molar-refractivity contribution in [2.45, 2.75) is 46.0 Å². The van der Waals surface area contributed by atoms with Crippen molar-refractivity contribution in [1.29, 1.82) is 0 Å². The quantitative estimate of drug-likeness (QED) is 0.778. The number of likely N-dealkylation sites (N-methyl/N-ethyl adjacent to an activating group) is 1. The highest BCUT2D eigenvalue weighted by atomic mass is 16.4. The number of rotatable bonds is 6. The Labute approximate surface area is 115 Å². The van der Waals surface area contributed by atoms with Gasteiger partial charge in [0.05, 0.1) is 0 Å². The topological polar surface area (TPSA) is 69.6 Å². The van der Waals surface area contributed by atoms with Crippen molar-refractivity contribution in [2.75, 3.05) is 19.6 Å². The summed E-state index contributed by atoms with van der Waals surface area (Å²) in [5.41, 5.74) is 0. The lowest BCUT2D eigenvalue weighted by Gasteiger charge is -2.28. The maximum Gasteiger partial charge on any atom is 0.323 e. The number of carboxylic acids is 1. The Bertz CT molecular complexity index is 299. The molecule has 0 radical (unpaired) electrons. The maximum absolute atomic E-state index is 11.8. The summed E-state index contributed by atoms with van der Waals surface area (Å²) in [5.74, 6) is 0.432. The van der Waals surface area contributed by atoms with Crippen LogP contribution in [-0.2, 0) is 4.79 Å². The van der Waals surface area contributed by atoms with Crippen LogP contribution in [0.1, 0.15) is 46.0 Å². The lowest BCUT2D eigenvalue weighted by molar-refractivity contribution is -0.137. The van der Waals surface area contributed by atoms with Gasteiger partial charge in [-0.25, -0.2) is 4.79 Å². The van der Waals surface area contributed by atoms with E-state index in [-0.39, 0.29) is 12.6 Å². The average molecular weight is 270 g/mol. The Hall–Kier alpha value is -1.26. The molecule has 1 aliphatic rings. The molecule has 0 saturated heterocycles. The van der Waals surface area contributed by atoms with Crippen molar-refractivity contribution in [3.63, 3.8) is 0 Å². The van der Waals surface area contributed by atoms with Crippen LogP contribution in [0.2, 0.25) is 0 Å². The molecule has 0 unspecified atom stereocenters. The fraction of sp³-hybridized carbons (Fsp3) is 0.857. The summed E-state index contributed by atoms with van der Waals surface area (Å²) in [6, 6.07) is -0.262. The number of carbonyl (C=O) groups excluding carboxylic acids is 1. The van der Waals surface area contributed by atoms with E-state index in [9.17, 15) is 9.59 Å². The van der Waals surface area contributed by atoms with Crippen LogP contribution < -0.4 is 5.32 Å². The van der Waals surface area contributed by atoms with Crippen molar-refractivity contribution in [3.8, 4) is 0 Å². The van der Waals surface area contributed by atoms with Gasteiger partial charge >= 0.3 is 12.0 Å². The van der Waals surface area contributed by atoms with Gasteiger partial charge < -0.3 is 15.3 Å². The summed E-state index contributed by atoms with van der Waals surface area (Å²) in [6.45, 7) is 4.88. The van der Waals surface area contributed by atoms with E-state index < -0.39 is 5.97 Å². The van der Waals surface area contributed by atoms with Gasteiger partial charge in [-0.3, -0.25) is 4.79 Å². The predicted octanol–water partition coefficient (Wildman–Crippen LogP) is 2.32. The van der Waals surface area contributed by atoms with Gasteiger partial charge in [0.2, 0.25) is 0 Å². The Kier molecular flexibility index (Phi) is 6.67. The highest BCUT2D eigenvalue weighted by molar-refractivity contribution is 5.79. The number of carbonyl (C=O) groups is 2. The number of nitrogens with zero attached hydrogens (tertiary/aromatic N) is 1. The van der Waals surface area contributed by atoms with Gasteiger partial charge in [-0.15, -0.1) is 0 Å². The third-order valence-corrected chi connectivity index (χ3v) is 4.08. The fourth-order valence-electron chi connectivity index (χ4n) is 2.68. The zero-order valence-electron chi connectivity index (χ0n) is 12.0. The number of carboxylic acid groups (broad SMARTS) is 1. The van der Waals surface area contributed by atoms with Crippen LogP contribution in [0, 0.1) is 11.8 Å². The molecule has 0 aromatic carbocycles. The normalized spacial score (nSPS) is 22.8. The fourth-order valence-corrected chi connectivity index (χ4v) is 2.68. The monoisotopic (exact) mass is 270 g/mol. The summed E-state index contributed by atoms with van der Waals surface area (Å²) in [7, 11) is 0. The van der Waals surface area contributed by atoms with Crippen LogP contribution in [0.5, 0.6) is 0 Å². The lowest BCUT2D eigenvalue weighted by atomic mass is 9.81. The zero-order chi connectivity index (χ0) is 14.3. The predicted molar refractivity (Wildman–Crippen MR) is 74.0 cm³/mol. The van der Waals surface area contributed by atoms with E-state index in [1.165, 1.54) is 37.0 Å². The van der Waals surface area contributed by atoms with E-state index in [2.05, 4.69) is 12.2 Å². The molecule has 1 aliphatic carbocycles. The average Bonchev–Trinajstić information content (AvgIpc) is 2.42. The molecule has 1 fully saturated rings. The SMILES string of the molecule is CCC1CCC(CNC(=O)N(CC)CC(=O)O)CC1. The zero-order valence-corrected chi connectivity index (χ0v) is 12.0. The number of hydrogen-bond donors (Lipinski definition) is 2. The van der Waals surface area contributed by atoms with Gasteiger partial charge in [-0.05, 0) is 31.6 Å². The van der Waals surface area contributed by atoms with Gasteiger partial charge in [-0.1, -0.05) is 26.2 Å². The molecule has 5 nitrogen and oxygen atoms in total. The second-order valence-electron chi connectivity index (χ2n) is 5.39. The first-order valence-electron chi connectivity index (χ1n) is 7.31. The van der Waals surface area contributed by atoms with Crippen molar-refractivity contribution >= 4 is 12.0 Å². The molecule has 19 heavy (non-hydrogen) atoms. The van der Waals surface area contributed by atoms with E-state index in [0.717, 1.165) is 5.92 Å². The van der Waals surface area contributed by atoms with Gasteiger partial charge in [0.25, 0.3) is 0 Å². The first-order valence-corrected chi connectivity index (χ1v) is 7.31. The smallest absolute Gasteiger partial charge is 0.323 e. The molecule has 0 aliphatic heterocycles. The summed E-state index contributed by atoms with van der Waals surface area (Å²) >= 11 is 0. The number of urea groups is 1. The summed E-state index contributed by atoms with van der Waals surface area (Å²) < 4.78 is 0. The molecule has 0 aromatic heterocycles. The molecule has 2 N–H and O–H groups in total. The molecular weight excluding hydrogens is 244 g/mol.